The van der Waals surface area contributed by atoms with Crippen molar-refractivity contribution in [1.82, 2.24) is 20.3 Å². The summed E-state index contributed by atoms with van der Waals surface area (Å²) in [6, 6.07) is 4.08. The summed E-state index contributed by atoms with van der Waals surface area (Å²) in [5.41, 5.74) is 1.83. The number of hydrogen-bond acceptors (Lipinski definition) is 5. The topological polar surface area (TPSA) is 82.7 Å². The summed E-state index contributed by atoms with van der Waals surface area (Å²) in [6.07, 6.45) is 9.08. The highest BCUT2D eigenvalue weighted by Crippen LogP contribution is 2.47. The minimum atomic E-state index is -0.143. The SMILES string of the molecule is O=C1NC2(CCCCC2)c2cc(Nc3ncnc4[nH]ccc34)sc21. The Hall–Kier alpha value is -2.41. The van der Waals surface area contributed by atoms with E-state index in [1.807, 2.05) is 12.3 Å². The summed E-state index contributed by atoms with van der Waals surface area (Å²) in [5, 5.41) is 8.52. The highest BCUT2D eigenvalue weighted by molar-refractivity contribution is 7.18. The Kier molecular flexibility index (Phi) is 2.94. The van der Waals surface area contributed by atoms with Crippen molar-refractivity contribution in [3.05, 3.63) is 35.1 Å². The minimum absolute atomic E-state index is 0.0689. The predicted molar refractivity (Wildman–Crippen MR) is 93.7 cm³/mol. The molecule has 5 rings (SSSR count). The van der Waals surface area contributed by atoms with Crippen LogP contribution < -0.4 is 10.6 Å². The third kappa shape index (κ3) is 1.97. The Morgan fingerprint density at radius 3 is 2.96 bits per heavy atom. The molecular formula is C17H17N5OS. The molecule has 2 aliphatic rings. The Morgan fingerprint density at radius 2 is 2.08 bits per heavy atom. The lowest BCUT2D eigenvalue weighted by molar-refractivity contribution is 0.0912. The number of nitrogens with zero attached hydrogens (tertiary/aromatic N) is 2. The minimum Gasteiger partial charge on any atom is -0.346 e. The lowest BCUT2D eigenvalue weighted by Crippen LogP contribution is -2.40. The molecule has 0 aromatic carbocycles. The van der Waals surface area contributed by atoms with Gasteiger partial charge in [-0.3, -0.25) is 4.79 Å². The smallest absolute Gasteiger partial charge is 0.262 e. The summed E-state index contributed by atoms with van der Waals surface area (Å²) < 4.78 is 0. The van der Waals surface area contributed by atoms with Gasteiger partial charge < -0.3 is 15.6 Å². The van der Waals surface area contributed by atoms with Crippen molar-refractivity contribution in [3.63, 3.8) is 0 Å². The Balaban J connectivity index is 1.53. The van der Waals surface area contributed by atoms with E-state index in [-0.39, 0.29) is 11.4 Å². The van der Waals surface area contributed by atoms with Gasteiger partial charge in [0.15, 0.2) is 0 Å². The number of carbonyl (C=O) groups excluding carboxylic acids is 1. The largest absolute Gasteiger partial charge is 0.346 e. The normalized spacial score (nSPS) is 18.8. The van der Waals surface area contributed by atoms with Crippen LogP contribution in [0.3, 0.4) is 0 Å². The Labute approximate surface area is 142 Å². The molecule has 4 heterocycles. The molecular weight excluding hydrogens is 322 g/mol. The number of aromatic nitrogens is 3. The fraction of sp³-hybridized carbons (Fsp3) is 0.353. The molecule has 0 bridgehead atoms. The van der Waals surface area contributed by atoms with Crippen LogP contribution in [0.4, 0.5) is 10.8 Å². The molecule has 3 N–H and O–H groups in total. The van der Waals surface area contributed by atoms with Gasteiger partial charge in [0, 0.05) is 11.8 Å². The molecule has 6 nitrogen and oxygen atoms in total. The van der Waals surface area contributed by atoms with Crippen LogP contribution in [0.15, 0.2) is 24.7 Å². The van der Waals surface area contributed by atoms with Crippen molar-refractivity contribution < 1.29 is 4.79 Å². The highest BCUT2D eigenvalue weighted by Gasteiger charge is 2.44. The summed E-state index contributed by atoms with van der Waals surface area (Å²) >= 11 is 1.51. The first kappa shape index (κ1) is 14.0. The van der Waals surface area contributed by atoms with Crippen LogP contribution in [0.2, 0.25) is 0 Å². The van der Waals surface area contributed by atoms with E-state index in [0.29, 0.717) is 0 Å². The van der Waals surface area contributed by atoms with E-state index in [4.69, 9.17) is 0 Å². The van der Waals surface area contributed by atoms with Gasteiger partial charge in [0.05, 0.1) is 20.8 Å². The number of aromatic amines is 1. The van der Waals surface area contributed by atoms with E-state index in [0.717, 1.165) is 39.6 Å². The molecule has 0 unspecified atom stereocenters. The maximum Gasteiger partial charge on any atom is 0.262 e. The zero-order chi connectivity index (χ0) is 16.1. The van der Waals surface area contributed by atoms with Gasteiger partial charge in [-0.05, 0) is 25.0 Å². The van der Waals surface area contributed by atoms with Gasteiger partial charge in [-0.2, -0.15) is 0 Å². The molecule has 7 heteroatoms. The molecule has 1 fully saturated rings. The summed E-state index contributed by atoms with van der Waals surface area (Å²) in [4.78, 5) is 24.9. The van der Waals surface area contributed by atoms with Crippen molar-refractivity contribution in [2.24, 2.45) is 0 Å². The fourth-order valence-electron chi connectivity index (χ4n) is 3.96. The second-order valence-electron chi connectivity index (χ2n) is 6.54. The standard InChI is InChI=1S/C17H17N5OS/c23-16-13-11(17(22-16)5-2-1-3-6-17)8-12(24-13)21-15-10-4-7-18-14(10)19-9-20-15/h4,7-9H,1-3,5-6H2,(H,22,23)(H2,18,19,20,21). The number of H-pyrrole nitrogens is 1. The number of fused-ring (bicyclic) bond motifs is 3. The molecule has 1 saturated carbocycles. The van der Waals surface area contributed by atoms with Gasteiger partial charge in [0.1, 0.15) is 17.8 Å². The third-order valence-corrected chi connectivity index (χ3v) is 6.16. The van der Waals surface area contributed by atoms with Crippen LogP contribution in [0.1, 0.15) is 47.3 Å². The van der Waals surface area contributed by atoms with Crippen molar-refractivity contribution in [2.75, 3.05) is 5.32 Å². The molecule has 1 aliphatic heterocycles. The van der Waals surface area contributed by atoms with E-state index in [9.17, 15) is 4.79 Å². The zero-order valence-electron chi connectivity index (χ0n) is 13.1. The van der Waals surface area contributed by atoms with Crippen LogP contribution in [0.5, 0.6) is 0 Å². The molecule has 24 heavy (non-hydrogen) atoms. The van der Waals surface area contributed by atoms with E-state index in [2.05, 4.69) is 31.7 Å². The molecule has 0 radical (unpaired) electrons. The van der Waals surface area contributed by atoms with E-state index in [1.54, 1.807) is 0 Å². The Morgan fingerprint density at radius 1 is 1.21 bits per heavy atom. The number of amides is 1. The van der Waals surface area contributed by atoms with Gasteiger partial charge in [-0.15, -0.1) is 11.3 Å². The number of thiophene rings is 1. The van der Waals surface area contributed by atoms with Crippen LogP contribution in [-0.4, -0.2) is 20.9 Å². The lowest BCUT2D eigenvalue weighted by Gasteiger charge is -2.33. The van der Waals surface area contributed by atoms with Crippen LogP contribution in [-0.2, 0) is 5.54 Å². The van der Waals surface area contributed by atoms with Gasteiger partial charge >= 0.3 is 0 Å². The Bertz CT molecular complexity index is 938. The van der Waals surface area contributed by atoms with Gasteiger partial charge in [0.25, 0.3) is 5.91 Å². The predicted octanol–water partition coefficient (Wildman–Crippen LogP) is 3.67. The number of carbonyl (C=O) groups is 1. The van der Waals surface area contributed by atoms with Crippen LogP contribution in [0, 0.1) is 0 Å². The lowest BCUT2D eigenvalue weighted by atomic mass is 9.78. The third-order valence-electron chi connectivity index (χ3n) is 5.11. The number of rotatable bonds is 2. The zero-order valence-corrected chi connectivity index (χ0v) is 13.9. The first-order valence-electron chi connectivity index (χ1n) is 8.27. The average molecular weight is 339 g/mol. The quantitative estimate of drug-likeness (QED) is 0.665. The second kappa shape index (κ2) is 5.04. The molecule has 1 amide bonds. The monoisotopic (exact) mass is 339 g/mol. The van der Waals surface area contributed by atoms with Crippen molar-refractivity contribution in [3.8, 4) is 0 Å². The maximum atomic E-state index is 12.4. The average Bonchev–Trinajstić information content (AvgIpc) is 3.27. The summed E-state index contributed by atoms with van der Waals surface area (Å²) in [5.74, 6) is 0.832. The van der Waals surface area contributed by atoms with E-state index < -0.39 is 0 Å². The van der Waals surface area contributed by atoms with Gasteiger partial charge in [-0.25, -0.2) is 9.97 Å². The molecule has 3 aromatic heterocycles. The molecule has 0 atom stereocenters. The molecule has 122 valence electrons. The van der Waals surface area contributed by atoms with Crippen molar-refractivity contribution in [2.45, 2.75) is 37.6 Å². The second-order valence-corrected chi connectivity index (χ2v) is 7.59. The fourth-order valence-corrected chi connectivity index (χ4v) is 5.01. The number of anilines is 2. The molecule has 0 saturated heterocycles. The summed E-state index contributed by atoms with van der Waals surface area (Å²) in [6.45, 7) is 0. The molecule has 3 aromatic rings. The first-order chi connectivity index (χ1) is 11.8. The number of nitrogens with one attached hydrogen (secondary N) is 3. The van der Waals surface area contributed by atoms with E-state index >= 15 is 0 Å². The van der Waals surface area contributed by atoms with Crippen LogP contribution >= 0.6 is 11.3 Å². The molecule has 1 spiro atoms. The van der Waals surface area contributed by atoms with Gasteiger partial charge in [-0.1, -0.05) is 19.3 Å². The van der Waals surface area contributed by atoms with Crippen molar-refractivity contribution in [1.29, 1.82) is 0 Å². The summed E-state index contributed by atoms with van der Waals surface area (Å²) in [7, 11) is 0. The first-order valence-corrected chi connectivity index (χ1v) is 9.09. The van der Waals surface area contributed by atoms with E-state index in [1.165, 1.54) is 42.5 Å². The van der Waals surface area contributed by atoms with Crippen LogP contribution in [0.25, 0.3) is 11.0 Å². The van der Waals surface area contributed by atoms with Crippen molar-refractivity contribution >= 4 is 39.1 Å². The molecule has 1 aliphatic carbocycles. The number of hydrogen-bond donors (Lipinski definition) is 3. The van der Waals surface area contributed by atoms with Gasteiger partial charge in [0.2, 0.25) is 0 Å². The maximum absolute atomic E-state index is 12.4. The highest BCUT2D eigenvalue weighted by atomic mass is 32.1.